The fraction of sp³-hybridized carbons (Fsp3) is 0.176. The van der Waals surface area contributed by atoms with Gasteiger partial charge in [-0.05, 0) is 35.9 Å². The number of hydrogen-bond donors (Lipinski definition) is 0. The summed E-state index contributed by atoms with van der Waals surface area (Å²) >= 11 is 15.6. The largest absolute Gasteiger partial charge is 0.457 e. The van der Waals surface area contributed by atoms with E-state index >= 15 is 0 Å². The molecule has 1 aromatic heterocycles. The first kappa shape index (κ1) is 30.8. The van der Waals surface area contributed by atoms with E-state index in [2.05, 4.69) is 20.8 Å². The van der Waals surface area contributed by atoms with Gasteiger partial charge in [0.1, 0.15) is 11.5 Å². The summed E-state index contributed by atoms with van der Waals surface area (Å²) in [5.74, 6) is 0.639. The Kier molecular flexibility index (Phi) is 9.21. The normalized spacial score (nSPS) is 13.2. The van der Waals surface area contributed by atoms with Gasteiger partial charge in [0.15, 0.2) is 0 Å². The minimum absolute atomic E-state index is 0.241. The third kappa shape index (κ3) is 6.91. The number of rotatable bonds is 6. The number of carbonyl (C=O) groups excluding carboxylic acids is 2. The topological polar surface area (TPSA) is 78.9 Å². The van der Waals surface area contributed by atoms with Crippen LogP contribution in [0.15, 0.2) is 95.5 Å². The second-order valence-electron chi connectivity index (χ2n) is 10.6. The number of hydrogen-bond acceptors (Lipinski definition) is 6. The zero-order valence-corrected chi connectivity index (χ0v) is 27.4. The first-order valence-corrected chi connectivity index (χ1v) is 15.8. The van der Waals surface area contributed by atoms with Gasteiger partial charge in [-0.2, -0.15) is 0 Å². The highest BCUT2D eigenvalue weighted by Crippen LogP contribution is 2.32. The van der Waals surface area contributed by atoms with Crippen LogP contribution in [0.2, 0.25) is 10.0 Å². The molecule has 5 aromatic rings. The van der Waals surface area contributed by atoms with Crippen molar-refractivity contribution < 1.29 is 14.3 Å². The molecule has 0 spiro atoms. The molecular weight excluding hydrogens is 677 g/mol. The van der Waals surface area contributed by atoms with Gasteiger partial charge in [0.2, 0.25) is 5.95 Å². The van der Waals surface area contributed by atoms with Crippen molar-refractivity contribution in [3.05, 3.63) is 111 Å². The molecule has 4 aromatic carbocycles. The molecule has 6 rings (SSSR count). The first-order chi connectivity index (χ1) is 21.8. The molecule has 2 heterocycles. The number of fused-ring (bicyclic) bond motifs is 1. The summed E-state index contributed by atoms with van der Waals surface area (Å²) in [6.07, 6.45) is 0. The van der Waals surface area contributed by atoms with Crippen LogP contribution in [0, 0.1) is 0 Å². The quantitative estimate of drug-likeness (QED) is 0.171. The number of halogens is 3. The van der Waals surface area contributed by atoms with Gasteiger partial charge in [-0.25, -0.2) is 9.97 Å². The minimum atomic E-state index is -0.570. The van der Waals surface area contributed by atoms with Crippen LogP contribution in [-0.2, 0) is 16.1 Å². The third-order valence-corrected chi connectivity index (χ3v) is 9.05. The number of carbonyl (C=O) groups is 2. The van der Waals surface area contributed by atoms with Gasteiger partial charge in [0.05, 0.1) is 21.3 Å². The second-order valence-corrected chi connectivity index (χ2v) is 12.3. The highest BCUT2D eigenvalue weighted by molar-refractivity contribution is 9.10. The Morgan fingerprint density at radius 2 is 1.53 bits per heavy atom. The Balaban J connectivity index is 1.08. The predicted molar refractivity (Wildman–Crippen MR) is 181 cm³/mol. The number of likely N-dealkylation sites (N-methyl/N-ethyl adjacent to an activating group) is 1. The summed E-state index contributed by atoms with van der Waals surface area (Å²) in [4.78, 5) is 41.2. The molecule has 1 saturated heterocycles. The number of anilines is 1. The van der Waals surface area contributed by atoms with Crippen LogP contribution in [0.3, 0.4) is 0 Å². The van der Waals surface area contributed by atoms with Crippen molar-refractivity contribution in [1.29, 1.82) is 0 Å². The molecule has 0 radical (unpaired) electrons. The smallest absolute Gasteiger partial charge is 0.312 e. The van der Waals surface area contributed by atoms with Crippen LogP contribution >= 0.6 is 39.1 Å². The molecule has 2 amide bonds. The van der Waals surface area contributed by atoms with Gasteiger partial charge in [-0.3, -0.25) is 9.59 Å². The molecule has 0 aliphatic carbocycles. The lowest BCUT2D eigenvalue weighted by Crippen LogP contribution is -2.53. The average molecular weight is 705 g/mol. The third-order valence-electron chi connectivity index (χ3n) is 7.58. The van der Waals surface area contributed by atoms with Crippen molar-refractivity contribution in [2.75, 3.05) is 38.1 Å². The van der Waals surface area contributed by atoms with E-state index < -0.39 is 11.8 Å². The summed E-state index contributed by atoms with van der Waals surface area (Å²) in [5, 5.41) is 1.83. The average Bonchev–Trinajstić information content (AvgIpc) is 3.07. The van der Waals surface area contributed by atoms with Gasteiger partial charge in [-0.15, -0.1) is 0 Å². The van der Waals surface area contributed by atoms with Gasteiger partial charge in [-0.1, -0.05) is 93.7 Å². The summed E-state index contributed by atoms with van der Waals surface area (Å²) in [7, 11) is 1.62. The van der Waals surface area contributed by atoms with Gasteiger partial charge < -0.3 is 19.4 Å². The Labute approximate surface area is 279 Å². The van der Waals surface area contributed by atoms with Crippen molar-refractivity contribution in [2.45, 2.75) is 6.54 Å². The van der Waals surface area contributed by atoms with Crippen LogP contribution in [-0.4, -0.2) is 64.8 Å². The fourth-order valence-electron chi connectivity index (χ4n) is 5.15. The van der Waals surface area contributed by atoms with E-state index in [0.717, 1.165) is 32.2 Å². The van der Waals surface area contributed by atoms with Crippen molar-refractivity contribution in [2.24, 2.45) is 0 Å². The molecule has 0 saturated carbocycles. The molecule has 1 aliphatic heterocycles. The maximum atomic E-state index is 13.2. The number of piperazine rings is 1. The number of ether oxygens (including phenoxy) is 1. The maximum absolute atomic E-state index is 13.2. The van der Waals surface area contributed by atoms with Crippen LogP contribution in [0.25, 0.3) is 22.2 Å². The Bertz CT molecular complexity index is 1880. The lowest BCUT2D eigenvalue weighted by molar-refractivity contribution is -0.151. The number of amides is 2. The monoisotopic (exact) mass is 703 g/mol. The Hall–Kier alpha value is -4.18. The van der Waals surface area contributed by atoms with Gasteiger partial charge in [0, 0.05) is 61.3 Å². The molecule has 0 N–H and O–H groups in total. The highest BCUT2D eigenvalue weighted by atomic mass is 79.9. The van der Waals surface area contributed by atoms with Crippen LogP contribution in [0.1, 0.15) is 5.56 Å². The summed E-state index contributed by atoms with van der Waals surface area (Å²) in [5.41, 5.74) is 3.57. The standard InChI is InChI=1S/C34H28BrCl2N5O3/c1-40(21-23-11-12-24(19-27(23)35)45-25-13-14-28(36)29(37)20-25)32(43)33(44)41-15-17-42(18-16-41)34-38-30-10-6-5-9-26(30)31(39-34)22-7-3-2-4-8-22/h2-14,19-20H,15-18,21H2,1H3. The van der Waals surface area contributed by atoms with Crippen LogP contribution in [0.5, 0.6) is 11.5 Å². The molecular formula is C34H28BrCl2N5O3. The van der Waals surface area contributed by atoms with E-state index in [0.29, 0.717) is 53.7 Å². The number of benzene rings is 4. The van der Waals surface area contributed by atoms with E-state index in [1.54, 1.807) is 42.3 Å². The molecule has 1 aliphatic rings. The van der Waals surface area contributed by atoms with E-state index in [1.165, 1.54) is 4.90 Å². The molecule has 0 bridgehead atoms. The first-order valence-electron chi connectivity index (χ1n) is 14.3. The minimum Gasteiger partial charge on any atom is -0.457 e. The molecule has 11 heteroatoms. The van der Waals surface area contributed by atoms with Crippen molar-refractivity contribution in [3.8, 4) is 22.8 Å². The molecule has 8 nitrogen and oxygen atoms in total. The number of aromatic nitrogens is 2. The zero-order valence-electron chi connectivity index (χ0n) is 24.3. The molecule has 45 heavy (non-hydrogen) atoms. The van der Waals surface area contributed by atoms with Crippen LogP contribution < -0.4 is 9.64 Å². The zero-order chi connectivity index (χ0) is 31.5. The summed E-state index contributed by atoms with van der Waals surface area (Å²) in [6, 6.07) is 28.5. The summed E-state index contributed by atoms with van der Waals surface area (Å²) < 4.78 is 6.63. The molecule has 0 atom stereocenters. The van der Waals surface area contributed by atoms with E-state index in [4.69, 9.17) is 37.9 Å². The Morgan fingerprint density at radius 3 is 2.27 bits per heavy atom. The highest BCUT2D eigenvalue weighted by Gasteiger charge is 2.29. The second kappa shape index (κ2) is 13.4. The Morgan fingerprint density at radius 1 is 0.844 bits per heavy atom. The molecule has 228 valence electrons. The molecule has 0 unspecified atom stereocenters. The van der Waals surface area contributed by atoms with Crippen LogP contribution in [0.4, 0.5) is 5.95 Å². The lowest BCUT2D eigenvalue weighted by atomic mass is 10.1. The van der Waals surface area contributed by atoms with E-state index in [9.17, 15) is 9.59 Å². The maximum Gasteiger partial charge on any atom is 0.312 e. The van der Waals surface area contributed by atoms with Gasteiger partial charge >= 0.3 is 11.8 Å². The van der Waals surface area contributed by atoms with Crippen molar-refractivity contribution >= 4 is 67.8 Å². The SMILES string of the molecule is CN(Cc1ccc(Oc2ccc(Cl)c(Cl)c2)cc1Br)C(=O)C(=O)N1CCN(c2nc(-c3ccccc3)c3ccccc3n2)CC1. The van der Waals surface area contributed by atoms with Crippen molar-refractivity contribution in [1.82, 2.24) is 19.8 Å². The lowest BCUT2D eigenvalue weighted by Gasteiger charge is -2.35. The summed E-state index contributed by atoms with van der Waals surface area (Å²) in [6.45, 7) is 2.05. The fourth-order valence-corrected chi connectivity index (χ4v) is 5.92. The van der Waals surface area contributed by atoms with E-state index in [1.807, 2.05) is 60.7 Å². The predicted octanol–water partition coefficient (Wildman–Crippen LogP) is 7.47. The number of nitrogens with zero attached hydrogens (tertiary/aromatic N) is 5. The van der Waals surface area contributed by atoms with Gasteiger partial charge in [0.25, 0.3) is 0 Å². The van der Waals surface area contributed by atoms with E-state index in [-0.39, 0.29) is 6.54 Å². The number of para-hydroxylation sites is 1. The van der Waals surface area contributed by atoms with Crippen molar-refractivity contribution in [3.63, 3.8) is 0 Å². The molecule has 1 fully saturated rings.